The summed E-state index contributed by atoms with van der Waals surface area (Å²) in [6, 6.07) is 20.6. The van der Waals surface area contributed by atoms with Crippen LogP contribution in [-0.2, 0) is 4.79 Å². The van der Waals surface area contributed by atoms with Gasteiger partial charge in [0.1, 0.15) is 0 Å². The number of nitrogens with one attached hydrogen (secondary N) is 1. The lowest BCUT2D eigenvalue weighted by Gasteiger charge is -2.22. The van der Waals surface area contributed by atoms with Gasteiger partial charge < -0.3 is 5.32 Å². The first kappa shape index (κ1) is 18.1. The number of rotatable bonds is 4. The number of hydrogen-bond donors (Lipinski definition) is 1. The van der Waals surface area contributed by atoms with E-state index < -0.39 is 0 Å². The Bertz CT molecular complexity index is 1010. The topological polar surface area (TPSA) is 61.8 Å². The van der Waals surface area contributed by atoms with Gasteiger partial charge in [0.2, 0.25) is 5.91 Å². The minimum Gasteiger partial charge on any atom is -0.326 e. The minimum absolute atomic E-state index is 0.113. The molecule has 1 aromatic heterocycles. The van der Waals surface area contributed by atoms with Gasteiger partial charge in [-0.25, -0.2) is 5.01 Å². The van der Waals surface area contributed by atoms with E-state index in [1.54, 1.807) is 28.5 Å². The van der Waals surface area contributed by atoms with Crippen molar-refractivity contribution in [1.29, 1.82) is 0 Å². The van der Waals surface area contributed by atoms with Crippen molar-refractivity contribution in [3.63, 3.8) is 0 Å². The summed E-state index contributed by atoms with van der Waals surface area (Å²) < 4.78 is 0. The van der Waals surface area contributed by atoms with Crippen LogP contribution in [0.25, 0.3) is 0 Å². The molecule has 1 aliphatic heterocycles. The number of anilines is 1. The third-order valence-corrected chi connectivity index (χ3v) is 5.48. The Morgan fingerprint density at radius 2 is 1.79 bits per heavy atom. The van der Waals surface area contributed by atoms with Crippen LogP contribution in [0.1, 0.15) is 40.2 Å². The van der Waals surface area contributed by atoms with Gasteiger partial charge in [0.15, 0.2) is 0 Å². The SMILES string of the molecule is CC(=O)Nc1ccc(C2CC(c3cccs3)=NN2C(=O)c2ccccc2)cc1. The van der Waals surface area contributed by atoms with Gasteiger partial charge in [0.25, 0.3) is 5.91 Å². The van der Waals surface area contributed by atoms with E-state index in [0.29, 0.717) is 12.0 Å². The highest BCUT2D eigenvalue weighted by atomic mass is 32.1. The van der Waals surface area contributed by atoms with Crippen LogP contribution in [0.15, 0.2) is 77.2 Å². The van der Waals surface area contributed by atoms with Gasteiger partial charge >= 0.3 is 0 Å². The summed E-state index contributed by atoms with van der Waals surface area (Å²) in [7, 11) is 0. The van der Waals surface area contributed by atoms with Crippen LogP contribution in [-0.4, -0.2) is 22.5 Å². The molecule has 0 bridgehead atoms. The second-order valence-electron chi connectivity index (χ2n) is 6.56. The number of carbonyl (C=O) groups is 2. The van der Waals surface area contributed by atoms with Crippen molar-refractivity contribution in [3.8, 4) is 0 Å². The summed E-state index contributed by atoms with van der Waals surface area (Å²) in [5.41, 5.74) is 3.23. The third-order valence-electron chi connectivity index (χ3n) is 4.56. The van der Waals surface area contributed by atoms with Crippen LogP contribution in [0.5, 0.6) is 0 Å². The molecule has 4 rings (SSSR count). The fraction of sp³-hybridized carbons (Fsp3) is 0.136. The van der Waals surface area contributed by atoms with Crippen LogP contribution in [0.4, 0.5) is 5.69 Å². The molecule has 0 fully saturated rings. The number of hydrogen-bond acceptors (Lipinski definition) is 4. The molecule has 3 aromatic rings. The minimum atomic E-state index is -0.184. The van der Waals surface area contributed by atoms with Crippen molar-refractivity contribution in [3.05, 3.63) is 88.1 Å². The molecule has 2 heterocycles. The first-order valence-corrected chi connectivity index (χ1v) is 9.87. The average molecular weight is 389 g/mol. The highest BCUT2D eigenvalue weighted by Gasteiger charge is 2.33. The summed E-state index contributed by atoms with van der Waals surface area (Å²) in [6.45, 7) is 1.48. The quantitative estimate of drug-likeness (QED) is 0.703. The maximum atomic E-state index is 13.1. The highest BCUT2D eigenvalue weighted by molar-refractivity contribution is 7.12. The summed E-state index contributed by atoms with van der Waals surface area (Å²) in [4.78, 5) is 25.4. The van der Waals surface area contributed by atoms with Crippen molar-refractivity contribution >= 4 is 34.6 Å². The van der Waals surface area contributed by atoms with Crippen molar-refractivity contribution in [2.75, 3.05) is 5.32 Å². The lowest BCUT2D eigenvalue weighted by atomic mass is 10.0. The summed E-state index contributed by atoms with van der Waals surface area (Å²) in [5.74, 6) is -0.235. The van der Waals surface area contributed by atoms with Gasteiger partial charge in [-0.3, -0.25) is 9.59 Å². The zero-order valence-corrected chi connectivity index (χ0v) is 16.1. The molecule has 0 saturated carbocycles. The highest BCUT2D eigenvalue weighted by Crippen LogP contribution is 2.35. The molecule has 140 valence electrons. The number of carbonyl (C=O) groups excluding carboxylic acids is 2. The molecule has 1 atom stereocenters. The van der Waals surface area contributed by atoms with Gasteiger partial charge in [0, 0.05) is 24.6 Å². The van der Waals surface area contributed by atoms with Crippen LogP contribution in [0.2, 0.25) is 0 Å². The van der Waals surface area contributed by atoms with E-state index in [1.165, 1.54) is 6.92 Å². The molecule has 2 aromatic carbocycles. The van der Waals surface area contributed by atoms with Crippen LogP contribution < -0.4 is 5.32 Å². The Kier molecular flexibility index (Phi) is 5.04. The molecule has 6 heteroatoms. The molecule has 0 radical (unpaired) electrons. The molecule has 28 heavy (non-hydrogen) atoms. The van der Waals surface area contributed by atoms with Gasteiger partial charge in [-0.1, -0.05) is 36.4 Å². The maximum absolute atomic E-state index is 13.1. The normalized spacial score (nSPS) is 16.0. The Hall–Kier alpha value is -3.25. The van der Waals surface area contributed by atoms with E-state index in [1.807, 2.05) is 60.0 Å². The van der Waals surface area contributed by atoms with Crippen LogP contribution in [0, 0.1) is 0 Å². The zero-order valence-electron chi connectivity index (χ0n) is 15.3. The van der Waals surface area contributed by atoms with E-state index in [4.69, 9.17) is 0 Å². The van der Waals surface area contributed by atoms with E-state index in [9.17, 15) is 9.59 Å². The fourth-order valence-electron chi connectivity index (χ4n) is 3.25. The molecule has 0 spiro atoms. The fourth-order valence-corrected chi connectivity index (χ4v) is 3.97. The predicted molar refractivity (Wildman–Crippen MR) is 112 cm³/mol. The Morgan fingerprint density at radius 3 is 2.43 bits per heavy atom. The first-order chi connectivity index (χ1) is 13.6. The maximum Gasteiger partial charge on any atom is 0.274 e. The first-order valence-electron chi connectivity index (χ1n) is 8.99. The number of benzene rings is 2. The summed E-state index contributed by atoms with van der Waals surface area (Å²) in [6.07, 6.45) is 0.651. The lowest BCUT2D eigenvalue weighted by molar-refractivity contribution is -0.114. The second-order valence-corrected chi connectivity index (χ2v) is 7.51. The van der Waals surface area contributed by atoms with Crippen LogP contribution >= 0.6 is 11.3 Å². The summed E-state index contributed by atoms with van der Waals surface area (Å²) in [5, 5.41) is 11.0. The Balaban J connectivity index is 1.66. The largest absolute Gasteiger partial charge is 0.326 e. The van der Waals surface area contributed by atoms with E-state index in [-0.39, 0.29) is 17.9 Å². The molecule has 0 aliphatic carbocycles. The zero-order chi connectivity index (χ0) is 19.5. The number of nitrogens with zero attached hydrogens (tertiary/aromatic N) is 2. The van der Waals surface area contributed by atoms with Crippen molar-refractivity contribution in [1.82, 2.24) is 5.01 Å². The van der Waals surface area contributed by atoms with Crippen molar-refractivity contribution in [2.24, 2.45) is 5.10 Å². The van der Waals surface area contributed by atoms with Crippen LogP contribution in [0.3, 0.4) is 0 Å². The van der Waals surface area contributed by atoms with Crippen molar-refractivity contribution < 1.29 is 9.59 Å². The molecule has 5 nitrogen and oxygen atoms in total. The number of thiophene rings is 1. The van der Waals surface area contributed by atoms with Crippen molar-refractivity contribution in [2.45, 2.75) is 19.4 Å². The lowest BCUT2D eigenvalue weighted by Crippen LogP contribution is -2.27. The monoisotopic (exact) mass is 389 g/mol. The molecule has 1 unspecified atom stereocenters. The van der Waals surface area contributed by atoms with Gasteiger partial charge in [-0.2, -0.15) is 5.10 Å². The predicted octanol–water partition coefficient (Wildman–Crippen LogP) is 4.70. The smallest absolute Gasteiger partial charge is 0.274 e. The van der Waals surface area contributed by atoms with Gasteiger partial charge in [0.05, 0.1) is 16.6 Å². The summed E-state index contributed by atoms with van der Waals surface area (Å²) >= 11 is 1.62. The molecular weight excluding hydrogens is 370 g/mol. The van der Waals surface area contributed by atoms with E-state index in [0.717, 1.165) is 21.8 Å². The molecule has 1 N–H and O–H groups in total. The van der Waals surface area contributed by atoms with Gasteiger partial charge in [-0.15, -0.1) is 11.3 Å². The molecule has 0 saturated heterocycles. The second kappa shape index (κ2) is 7.78. The number of amides is 2. The molecule has 1 aliphatic rings. The Morgan fingerprint density at radius 1 is 1.04 bits per heavy atom. The molecular formula is C22H19N3O2S. The van der Waals surface area contributed by atoms with E-state index in [2.05, 4.69) is 10.4 Å². The number of hydrazone groups is 1. The Labute approximate surface area is 167 Å². The van der Waals surface area contributed by atoms with Gasteiger partial charge in [-0.05, 0) is 41.3 Å². The molecule has 2 amide bonds. The van der Waals surface area contributed by atoms with E-state index >= 15 is 0 Å². The standard InChI is InChI=1S/C22H19N3O2S/c1-15(26)23-18-11-9-16(10-12-18)20-14-19(21-8-5-13-28-21)24-25(20)22(27)17-6-3-2-4-7-17/h2-13,20H,14H2,1H3,(H,23,26). The third kappa shape index (κ3) is 3.73. The average Bonchev–Trinajstić information content (AvgIpc) is 3.38.